The Morgan fingerprint density at radius 1 is 0.900 bits per heavy atom. The van der Waals surface area contributed by atoms with E-state index in [1.54, 1.807) is 14.2 Å². The van der Waals surface area contributed by atoms with Crippen molar-refractivity contribution in [3.05, 3.63) is 66.1 Å². The Balaban J connectivity index is 1.63. The molecule has 0 saturated heterocycles. The molecule has 0 radical (unpaired) electrons. The van der Waals surface area contributed by atoms with Crippen LogP contribution < -0.4 is 9.47 Å². The number of fused-ring (bicyclic) bond motifs is 1. The summed E-state index contributed by atoms with van der Waals surface area (Å²) in [6.07, 6.45) is 6.44. The molecule has 0 bridgehead atoms. The predicted molar refractivity (Wildman–Crippen MR) is 118 cm³/mol. The molecule has 0 N–H and O–H groups in total. The second-order valence-electron chi connectivity index (χ2n) is 7.82. The molecule has 0 saturated carbocycles. The largest absolute Gasteiger partial charge is 0.497 e. The number of ether oxygens (including phenoxy) is 2. The molecule has 0 aliphatic heterocycles. The maximum Gasteiger partial charge on any atom is 0.122 e. The summed E-state index contributed by atoms with van der Waals surface area (Å²) in [4.78, 5) is 9.43. The lowest BCUT2D eigenvalue weighted by Crippen LogP contribution is -2.04. The molecule has 2 aromatic carbocycles. The number of benzene rings is 2. The summed E-state index contributed by atoms with van der Waals surface area (Å²) in [7, 11) is 3.32. The molecule has 4 rings (SSSR count). The van der Waals surface area contributed by atoms with Crippen molar-refractivity contribution < 1.29 is 9.47 Å². The number of hydrogen-bond donors (Lipinski definition) is 0. The Morgan fingerprint density at radius 3 is 2.37 bits per heavy atom. The van der Waals surface area contributed by atoms with E-state index in [4.69, 9.17) is 14.5 Å². The fourth-order valence-corrected chi connectivity index (χ4v) is 3.48. The van der Waals surface area contributed by atoms with Gasteiger partial charge < -0.3 is 9.47 Å². The first kappa shape index (κ1) is 19.9. The SMILES string of the molecule is COc1cc(Cc2ccc3ncc(-c4cnn(CC(C)C)c4)nc3c2)cc(OC)c1. The molecule has 0 atom stereocenters. The van der Waals surface area contributed by atoms with Gasteiger partial charge in [0, 0.05) is 24.4 Å². The van der Waals surface area contributed by atoms with Crippen molar-refractivity contribution in [2.75, 3.05) is 14.2 Å². The summed E-state index contributed by atoms with van der Waals surface area (Å²) in [5, 5.41) is 4.44. The number of methoxy groups -OCH3 is 2. The van der Waals surface area contributed by atoms with Crippen molar-refractivity contribution in [3.63, 3.8) is 0 Å². The van der Waals surface area contributed by atoms with Crippen LogP contribution >= 0.6 is 0 Å². The first-order chi connectivity index (χ1) is 14.5. The molecule has 4 aromatic rings. The third-order valence-electron chi connectivity index (χ3n) is 4.91. The molecule has 30 heavy (non-hydrogen) atoms. The summed E-state index contributed by atoms with van der Waals surface area (Å²) in [6, 6.07) is 12.1. The molecule has 0 fully saturated rings. The van der Waals surface area contributed by atoms with Gasteiger partial charge in [-0.1, -0.05) is 19.9 Å². The van der Waals surface area contributed by atoms with Crippen LogP contribution in [0.15, 0.2) is 55.0 Å². The molecule has 154 valence electrons. The van der Waals surface area contributed by atoms with E-state index in [0.29, 0.717) is 5.92 Å². The minimum absolute atomic E-state index is 0.540. The molecule has 0 unspecified atom stereocenters. The fraction of sp³-hybridized carbons (Fsp3) is 0.292. The van der Waals surface area contributed by atoms with Gasteiger partial charge in [-0.25, -0.2) is 4.98 Å². The summed E-state index contributed by atoms with van der Waals surface area (Å²) in [6.45, 7) is 5.24. The highest BCUT2D eigenvalue weighted by atomic mass is 16.5. The fourth-order valence-electron chi connectivity index (χ4n) is 3.48. The van der Waals surface area contributed by atoms with Gasteiger partial charge in [-0.3, -0.25) is 9.67 Å². The van der Waals surface area contributed by atoms with Crippen LogP contribution in [0.2, 0.25) is 0 Å². The molecule has 0 amide bonds. The monoisotopic (exact) mass is 402 g/mol. The molecule has 0 aliphatic carbocycles. The topological polar surface area (TPSA) is 62.1 Å². The third kappa shape index (κ3) is 4.43. The van der Waals surface area contributed by atoms with Crippen molar-refractivity contribution in [1.29, 1.82) is 0 Å². The Morgan fingerprint density at radius 2 is 1.67 bits per heavy atom. The van der Waals surface area contributed by atoms with Crippen molar-refractivity contribution in [1.82, 2.24) is 19.7 Å². The molecular formula is C24H26N4O2. The Bertz CT molecular complexity index is 1140. The maximum atomic E-state index is 5.39. The van der Waals surface area contributed by atoms with Gasteiger partial charge in [-0.2, -0.15) is 5.10 Å². The van der Waals surface area contributed by atoms with E-state index >= 15 is 0 Å². The minimum Gasteiger partial charge on any atom is -0.497 e. The highest BCUT2D eigenvalue weighted by Crippen LogP contribution is 2.25. The Kier molecular flexibility index (Phi) is 5.65. The van der Waals surface area contributed by atoms with Crippen LogP contribution in [-0.4, -0.2) is 34.0 Å². The zero-order chi connectivity index (χ0) is 21.1. The van der Waals surface area contributed by atoms with Crippen molar-refractivity contribution >= 4 is 11.0 Å². The number of hydrogen-bond acceptors (Lipinski definition) is 5. The van der Waals surface area contributed by atoms with E-state index in [0.717, 1.165) is 57.9 Å². The highest BCUT2D eigenvalue weighted by Gasteiger charge is 2.09. The van der Waals surface area contributed by atoms with E-state index < -0.39 is 0 Å². The highest BCUT2D eigenvalue weighted by molar-refractivity contribution is 5.77. The molecule has 2 heterocycles. The standard InChI is InChI=1S/C24H26N4O2/c1-16(2)14-28-15-19(12-26-28)24-13-25-22-6-5-17(10-23(22)27-24)7-18-8-20(29-3)11-21(9-18)30-4/h5-6,8-13,15-16H,7,14H2,1-4H3. The van der Waals surface area contributed by atoms with Gasteiger partial charge in [-0.15, -0.1) is 0 Å². The first-order valence-electron chi connectivity index (χ1n) is 10.0. The van der Waals surface area contributed by atoms with Gasteiger partial charge >= 0.3 is 0 Å². The zero-order valence-electron chi connectivity index (χ0n) is 17.8. The molecule has 6 nitrogen and oxygen atoms in total. The van der Waals surface area contributed by atoms with Crippen molar-refractivity contribution in [2.24, 2.45) is 5.92 Å². The van der Waals surface area contributed by atoms with Gasteiger partial charge in [-0.05, 0) is 47.7 Å². The van der Waals surface area contributed by atoms with Gasteiger partial charge in [0.05, 0.1) is 43.3 Å². The van der Waals surface area contributed by atoms with Crippen LogP contribution in [0.25, 0.3) is 22.3 Å². The molecule has 0 aliphatic rings. The normalized spacial score (nSPS) is 11.2. The number of aromatic nitrogens is 4. The maximum absolute atomic E-state index is 5.39. The second-order valence-corrected chi connectivity index (χ2v) is 7.82. The first-order valence-corrected chi connectivity index (χ1v) is 10.0. The van der Waals surface area contributed by atoms with E-state index in [-0.39, 0.29) is 0 Å². The quantitative estimate of drug-likeness (QED) is 0.446. The molecule has 0 spiro atoms. The average Bonchev–Trinajstić information content (AvgIpc) is 3.20. The van der Waals surface area contributed by atoms with Crippen LogP contribution in [0.1, 0.15) is 25.0 Å². The minimum atomic E-state index is 0.540. The smallest absolute Gasteiger partial charge is 0.122 e. The Hall–Kier alpha value is -3.41. The lowest BCUT2D eigenvalue weighted by atomic mass is 10.0. The molecule has 2 aromatic heterocycles. The average molecular weight is 402 g/mol. The van der Waals surface area contributed by atoms with Crippen LogP contribution in [0.5, 0.6) is 11.5 Å². The molecule has 6 heteroatoms. The van der Waals surface area contributed by atoms with E-state index in [2.05, 4.69) is 36.1 Å². The van der Waals surface area contributed by atoms with Crippen LogP contribution in [0, 0.1) is 5.92 Å². The number of rotatable bonds is 7. The molecular weight excluding hydrogens is 376 g/mol. The van der Waals surface area contributed by atoms with Crippen LogP contribution in [0.3, 0.4) is 0 Å². The number of nitrogens with zero attached hydrogens (tertiary/aromatic N) is 4. The van der Waals surface area contributed by atoms with Gasteiger partial charge in [0.2, 0.25) is 0 Å². The van der Waals surface area contributed by atoms with Crippen LogP contribution in [0.4, 0.5) is 0 Å². The lowest BCUT2D eigenvalue weighted by molar-refractivity contribution is 0.393. The van der Waals surface area contributed by atoms with Gasteiger partial charge in [0.15, 0.2) is 0 Å². The van der Waals surface area contributed by atoms with E-state index in [9.17, 15) is 0 Å². The zero-order valence-corrected chi connectivity index (χ0v) is 17.8. The summed E-state index contributed by atoms with van der Waals surface area (Å²) in [5.74, 6) is 2.11. The van der Waals surface area contributed by atoms with E-state index in [1.165, 1.54) is 0 Å². The predicted octanol–water partition coefficient (Wildman–Crippen LogP) is 4.76. The van der Waals surface area contributed by atoms with Gasteiger partial charge in [0.25, 0.3) is 0 Å². The second kappa shape index (κ2) is 8.53. The van der Waals surface area contributed by atoms with E-state index in [1.807, 2.05) is 47.5 Å². The lowest BCUT2D eigenvalue weighted by Gasteiger charge is -2.09. The summed E-state index contributed by atoms with van der Waals surface area (Å²) >= 11 is 0. The van der Waals surface area contributed by atoms with Crippen molar-refractivity contribution in [2.45, 2.75) is 26.8 Å². The summed E-state index contributed by atoms with van der Waals surface area (Å²) in [5.41, 5.74) is 5.83. The van der Waals surface area contributed by atoms with Crippen LogP contribution in [-0.2, 0) is 13.0 Å². The summed E-state index contributed by atoms with van der Waals surface area (Å²) < 4.78 is 12.7. The van der Waals surface area contributed by atoms with Gasteiger partial charge in [0.1, 0.15) is 11.5 Å². The third-order valence-corrected chi connectivity index (χ3v) is 4.91. The van der Waals surface area contributed by atoms with Crippen molar-refractivity contribution in [3.8, 4) is 22.8 Å². The Labute approximate surface area is 176 Å².